The van der Waals surface area contributed by atoms with Gasteiger partial charge in [-0.2, -0.15) is 0 Å². The Kier molecular flexibility index (Phi) is 2.97. The second-order valence-corrected chi connectivity index (χ2v) is 2.76. The highest BCUT2D eigenvalue weighted by Gasteiger charge is 2.14. The van der Waals surface area contributed by atoms with E-state index in [0.717, 1.165) is 0 Å². The average Bonchev–Trinajstić information content (AvgIpc) is 2.27. The minimum Gasteiger partial charge on any atom is -0.276 e. The first kappa shape index (κ1) is 9.67. The molecule has 0 aromatic carbocycles. The molecule has 0 radical (unpaired) electrons. The Labute approximate surface area is 79.3 Å². The van der Waals surface area contributed by atoms with Crippen LogP contribution in [0.2, 0.25) is 0 Å². The first-order valence-corrected chi connectivity index (χ1v) is 3.89. The van der Waals surface area contributed by atoms with E-state index in [1.54, 1.807) is 0 Å². The van der Waals surface area contributed by atoms with Gasteiger partial charge >= 0.3 is 0 Å². The molecule has 0 bridgehead atoms. The number of allylic oxidation sites excluding steroid dienone is 4. The van der Waals surface area contributed by atoms with E-state index in [-0.39, 0.29) is 5.57 Å². The lowest BCUT2D eigenvalue weighted by atomic mass is 10.2. The van der Waals surface area contributed by atoms with Gasteiger partial charge in [-0.3, -0.25) is 14.9 Å². The van der Waals surface area contributed by atoms with E-state index in [1.807, 2.05) is 0 Å². The van der Waals surface area contributed by atoms with Gasteiger partial charge in [0.1, 0.15) is 0 Å². The predicted molar refractivity (Wildman–Crippen MR) is 48.0 cm³/mol. The summed E-state index contributed by atoms with van der Waals surface area (Å²) < 4.78 is 0. The van der Waals surface area contributed by atoms with Crippen LogP contribution in [-0.2, 0) is 4.79 Å². The van der Waals surface area contributed by atoms with Crippen LogP contribution in [0.5, 0.6) is 0 Å². The minimum absolute atomic E-state index is 0.252. The Morgan fingerprint density at radius 2 is 2.23 bits per heavy atom. The van der Waals surface area contributed by atoms with E-state index in [4.69, 9.17) is 11.6 Å². The largest absolute Gasteiger partial charge is 0.276 e. The number of rotatable bonds is 2. The average molecular weight is 200 g/mol. The smallest absolute Gasteiger partial charge is 0.252 e. The van der Waals surface area contributed by atoms with Gasteiger partial charge in [0.25, 0.3) is 5.24 Å². The third-order valence-corrected chi connectivity index (χ3v) is 1.75. The lowest BCUT2D eigenvalue weighted by Crippen LogP contribution is -2.12. The fourth-order valence-corrected chi connectivity index (χ4v) is 0.993. The van der Waals surface area contributed by atoms with E-state index in [9.17, 15) is 14.9 Å². The van der Waals surface area contributed by atoms with Crippen LogP contribution in [0.15, 0.2) is 36.0 Å². The number of carbonyl (C=O) groups is 1. The lowest BCUT2D eigenvalue weighted by Gasteiger charge is -1.94. The molecule has 1 rings (SSSR count). The first-order valence-electron chi connectivity index (χ1n) is 3.51. The zero-order valence-electron chi connectivity index (χ0n) is 6.51. The zero-order valence-corrected chi connectivity index (χ0v) is 7.27. The zero-order chi connectivity index (χ0) is 9.84. The molecule has 1 atom stereocenters. The molecule has 0 N–H and O–H groups in total. The Morgan fingerprint density at radius 1 is 1.54 bits per heavy atom. The minimum atomic E-state index is -0.884. The van der Waals surface area contributed by atoms with Crippen LogP contribution in [0.1, 0.15) is 0 Å². The van der Waals surface area contributed by atoms with Crippen molar-refractivity contribution < 1.29 is 9.72 Å². The van der Waals surface area contributed by atoms with Gasteiger partial charge in [0.15, 0.2) is 0 Å². The van der Waals surface area contributed by atoms with E-state index >= 15 is 0 Å². The van der Waals surface area contributed by atoms with E-state index in [0.29, 0.717) is 0 Å². The molecule has 0 heterocycles. The molecule has 0 aromatic heterocycles. The third kappa shape index (κ3) is 2.52. The molecule has 1 aliphatic carbocycles. The fourth-order valence-electron chi connectivity index (χ4n) is 0.867. The number of nitrogens with zero attached hydrogens (tertiary/aromatic N) is 1. The Morgan fingerprint density at radius 3 is 2.77 bits per heavy atom. The van der Waals surface area contributed by atoms with Crippen LogP contribution in [-0.4, -0.2) is 16.2 Å². The number of halogens is 1. The van der Waals surface area contributed by atoms with Crippen molar-refractivity contribution in [3.05, 3.63) is 46.1 Å². The highest BCUT2D eigenvalue weighted by Crippen LogP contribution is 2.09. The third-order valence-electron chi connectivity index (χ3n) is 1.53. The number of hydrogen-bond donors (Lipinski definition) is 0. The van der Waals surface area contributed by atoms with Crippen LogP contribution in [0.25, 0.3) is 0 Å². The monoisotopic (exact) mass is 199 g/mol. The Balaban J connectivity index is 2.86. The maximum atomic E-state index is 10.7. The molecular weight excluding hydrogens is 194 g/mol. The summed E-state index contributed by atoms with van der Waals surface area (Å²) in [4.78, 5) is 20.6. The summed E-state index contributed by atoms with van der Waals surface area (Å²) in [5.41, 5.74) is 0.252. The highest BCUT2D eigenvalue weighted by molar-refractivity contribution is 6.68. The maximum Gasteiger partial charge on any atom is 0.252 e. The molecule has 13 heavy (non-hydrogen) atoms. The normalized spacial score (nSPS) is 20.7. The number of hydrogen-bond acceptors (Lipinski definition) is 3. The maximum absolute atomic E-state index is 10.7. The molecule has 5 heteroatoms. The summed E-state index contributed by atoms with van der Waals surface area (Å²) in [5, 5.41) is 9.73. The van der Waals surface area contributed by atoms with Crippen LogP contribution in [0.4, 0.5) is 0 Å². The van der Waals surface area contributed by atoms with Crippen molar-refractivity contribution in [2.75, 3.05) is 0 Å². The summed E-state index contributed by atoms with van der Waals surface area (Å²) in [6.07, 6.45) is 6.93. The number of carbonyl (C=O) groups excluding carboxylic acids is 1. The Hall–Kier alpha value is -1.42. The van der Waals surface area contributed by atoms with Gasteiger partial charge in [-0.25, -0.2) is 0 Å². The van der Waals surface area contributed by atoms with Gasteiger partial charge in [0.05, 0.1) is 0 Å². The van der Waals surface area contributed by atoms with Crippen LogP contribution < -0.4 is 0 Å². The van der Waals surface area contributed by atoms with Crippen molar-refractivity contribution in [3.8, 4) is 0 Å². The van der Waals surface area contributed by atoms with Crippen molar-refractivity contribution in [1.82, 2.24) is 0 Å². The van der Waals surface area contributed by atoms with Gasteiger partial charge in [-0.1, -0.05) is 12.2 Å². The number of nitro groups is 1. The van der Waals surface area contributed by atoms with Crippen LogP contribution in [0, 0.1) is 10.1 Å². The van der Waals surface area contributed by atoms with E-state index in [1.165, 1.54) is 30.4 Å². The molecule has 0 aliphatic heterocycles. The summed E-state index contributed by atoms with van der Waals surface area (Å²) in [5.74, 6) is 0. The quantitative estimate of drug-likeness (QED) is 0.384. The molecule has 68 valence electrons. The molecule has 1 unspecified atom stereocenters. The van der Waals surface area contributed by atoms with Gasteiger partial charge in [-0.15, -0.1) is 0 Å². The summed E-state index contributed by atoms with van der Waals surface area (Å²) in [6, 6.07) is -0.884. The molecule has 4 nitrogen and oxygen atoms in total. The van der Waals surface area contributed by atoms with Crippen LogP contribution in [0.3, 0.4) is 0 Å². The molecule has 0 saturated heterocycles. The topological polar surface area (TPSA) is 60.2 Å². The van der Waals surface area contributed by atoms with Crippen LogP contribution >= 0.6 is 11.6 Å². The second-order valence-electron chi connectivity index (χ2n) is 2.42. The highest BCUT2D eigenvalue weighted by atomic mass is 35.5. The molecule has 0 aromatic rings. The molecule has 0 spiro atoms. The van der Waals surface area contributed by atoms with E-state index < -0.39 is 16.2 Å². The summed E-state index contributed by atoms with van der Waals surface area (Å²) in [7, 11) is 0. The van der Waals surface area contributed by atoms with Crippen molar-refractivity contribution in [1.29, 1.82) is 0 Å². The predicted octanol–water partition coefficient (Wildman–Crippen LogP) is 1.45. The molecule has 0 amide bonds. The molecule has 0 fully saturated rings. The molecule has 0 saturated carbocycles. The van der Waals surface area contributed by atoms with Crippen molar-refractivity contribution in [2.45, 2.75) is 6.04 Å². The lowest BCUT2D eigenvalue weighted by molar-refractivity contribution is -0.496. The summed E-state index contributed by atoms with van der Waals surface area (Å²) in [6.45, 7) is 0. The first-order chi connectivity index (χ1) is 6.11. The van der Waals surface area contributed by atoms with Gasteiger partial charge in [0, 0.05) is 10.5 Å². The van der Waals surface area contributed by atoms with Gasteiger partial charge < -0.3 is 0 Å². The van der Waals surface area contributed by atoms with Crippen molar-refractivity contribution >= 4 is 16.8 Å². The SMILES string of the molecule is O=C(Cl)C1=CC=CC([N+](=O)[O-])C=C1. The molecular formula is C8H6ClNO3. The Bertz CT molecular complexity index is 330. The fraction of sp³-hybridized carbons (Fsp3) is 0.125. The summed E-state index contributed by atoms with van der Waals surface area (Å²) >= 11 is 5.19. The second kappa shape index (κ2) is 4.00. The van der Waals surface area contributed by atoms with Crippen molar-refractivity contribution in [3.63, 3.8) is 0 Å². The standard InChI is InChI=1S/C8H6ClNO3/c9-8(11)6-2-1-3-7(5-4-6)10(12)13/h1-5,7H. The molecule has 1 aliphatic rings. The van der Waals surface area contributed by atoms with Gasteiger partial charge in [-0.05, 0) is 29.8 Å². The van der Waals surface area contributed by atoms with E-state index in [2.05, 4.69) is 0 Å². The van der Waals surface area contributed by atoms with Gasteiger partial charge in [0.2, 0.25) is 6.04 Å². The van der Waals surface area contributed by atoms with Crippen molar-refractivity contribution in [2.24, 2.45) is 0 Å².